The molecule has 0 unspecified atom stereocenters. The lowest BCUT2D eigenvalue weighted by Gasteiger charge is -2.05. The normalized spacial score (nSPS) is 10.4. The molecule has 1 aromatic carbocycles. The van der Waals surface area contributed by atoms with E-state index in [1.54, 1.807) is 0 Å². The van der Waals surface area contributed by atoms with Crippen LogP contribution in [0.1, 0.15) is 5.56 Å². The summed E-state index contributed by atoms with van der Waals surface area (Å²) in [7, 11) is 0. The van der Waals surface area contributed by atoms with Gasteiger partial charge in [-0.3, -0.25) is 3.53 Å². The minimum absolute atomic E-state index is 0.256. The van der Waals surface area contributed by atoms with E-state index in [1.807, 2.05) is 12.1 Å². The third kappa shape index (κ3) is 3.38. The Kier molecular flexibility index (Phi) is 4.99. The first-order valence-electron chi connectivity index (χ1n) is 3.65. The molecule has 0 radical (unpaired) electrons. The van der Waals surface area contributed by atoms with E-state index in [0.29, 0.717) is 0 Å². The van der Waals surface area contributed by atoms with Crippen molar-refractivity contribution in [1.82, 2.24) is 3.53 Å². The molecular weight excluding hydrogens is 413 g/mol. The maximum absolute atomic E-state index is 9.45. The van der Waals surface area contributed by atoms with Crippen LogP contribution in [-0.4, -0.2) is 11.7 Å². The van der Waals surface area contributed by atoms with Gasteiger partial charge < -0.3 is 5.11 Å². The molecule has 0 aliphatic heterocycles. The summed E-state index contributed by atoms with van der Waals surface area (Å²) < 4.78 is 4.50. The zero-order chi connectivity index (χ0) is 9.84. The van der Waals surface area contributed by atoms with Gasteiger partial charge in [-0.15, -0.1) is 0 Å². The second-order valence-corrected chi connectivity index (χ2v) is 5.01. The summed E-state index contributed by atoms with van der Waals surface area (Å²) in [6, 6.07) is 3.85. The average Bonchev–Trinajstić information content (AvgIpc) is 2.10. The highest BCUT2D eigenvalue weighted by Crippen LogP contribution is 2.33. The Labute approximate surface area is 108 Å². The lowest BCUT2D eigenvalue weighted by atomic mass is 10.1. The van der Waals surface area contributed by atoms with E-state index in [-0.39, 0.29) is 5.75 Å². The molecule has 0 aliphatic carbocycles. The monoisotopic (exact) mass is 419 g/mol. The maximum Gasteiger partial charge on any atom is 0.143 e. The van der Waals surface area contributed by atoms with Gasteiger partial charge >= 0.3 is 0 Å². The Morgan fingerprint density at radius 2 is 1.85 bits per heavy atom. The predicted molar refractivity (Wildman–Crippen MR) is 69.2 cm³/mol. The summed E-state index contributed by atoms with van der Waals surface area (Å²) in [6.07, 6.45) is 0.945. The van der Waals surface area contributed by atoms with Crippen molar-refractivity contribution >= 4 is 54.7 Å². The second kappa shape index (κ2) is 5.53. The molecule has 0 atom stereocenters. The van der Waals surface area contributed by atoms with E-state index in [4.69, 9.17) is 0 Å². The van der Waals surface area contributed by atoms with Crippen molar-refractivity contribution < 1.29 is 5.11 Å². The number of rotatable bonds is 3. The highest BCUT2D eigenvalue weighted by atomic mass is 127. The Morgan fingerprint density at radius 3 is 2.31 bits per heavy atom. The molecule has 5 heteroatoms. The van der Waals surface area contributed by atoms with Gasteiger partial charge in [-0.05, 0) is 56.0 Å². The molecule has 13 heavy (non-hydrogen) atoms. The number of phenolic OH excluding ortho intramolecular Hbond substituents is 1. The molecule has 1 rings (SSSR count). The van der Waals surface area contributed by atoms with Crippen molar-refractivity contribution in [2.24, 2.45) is 0 Å². The predicted octanol–water partition coefficient (Wildman–Crippen LogP) is 3.40. The maximum atomic E-state index is 9.45. The zero-order valence-electron chi connectivity index (χ0n) is 6.65. The summed E-state index contributed by atoms with van der Waals surface area (Å²) in [5.41, 5.74) is 1.18. The van der Waals surface area contributed by atoms with Crippen LogP contribution in [-0.2, 0) is 6.42 Å². The summed E-state index contributed by atoms with van der Waals surface area (Å²) >= 11 is 8.69. The molecule has 1 aromatic rings. The third-order valence-electron chi connectivity index (χ3n) is 1.58. The lowest BCUT2D eigenvalue weighted by Crippen LogP contribution is -2.03. The molecule has 0 aliphatic rings. The second-order valence-electron chi connectivity index (χ2n) is 2.54. The van der Waals surface area contributed by atoms with Gasteiger partial charge in [-0.25, -0.2) is 0 Å². The van der Waals surface area contributed by atoms with E-state index in [1.165, 1.54) is 5.56 Å². The SMILES string of the molecule is Oc1c(Br)cc(CCNI)cc1Br. The van der Waals surface area contributed by atoms with Crippen LogP contribution < -0.4 is 3.53 Å². The van der Waals surface area contributed by atoms with E-state index in [2.05, 4.69) is 58.3 Å². The number of hydrogen-bond acceptors (Lipinski definition) is 2. The Bertz CT molecular complexity index is 283. The van der Waals surface area contributed by atoms with E-state index < -0.39 is 0 Å². The standard InChI is InChI=1S/C8H8Br2INO/c9-6-3-5(1-2-12-11)4-7(10)8(6)13/h3-4,12-13H,1-2H2. The summed E-state index contributed by atoms with van der Waals surface area (Å²) in [5.74, 6) is 0.256. The molecule has 0 heterocycles. The van der Waals surface area contributed by atoms with Gasteiger partial charge in [-0.2, -0.15) is 0 Å². The molecule has 0 spiro atoms. The Balaban J connectivity index is 2.86. The number of halogens is 3. The number of phenols is 1. The number of nitrogens with one attached hydrogen (secondary N) is 1. The number of aromatic hydroxyl groups is 1. The van der Waals surface area contributed by atoms with Crippen molar-refractivity contribution in [2.45, 2.75) is 6.42 Å². The molecule has 0 aromatic heterocycles. The zero-order valence-corrected chi connectivity index (χ0v) is 12.0. The Morgan fingerprint density at radius 1 is 1.31 bits per heavy atom. The summed E-state index contributed by atoms with van der Waals surface area (Å²) in [6.45, 7) is 0.921. The first-order chi connectivity index (χ1) is 6.15. The summed E-state index contributed by atoms with van der Waals surface area (Å²) in [4.78, 5) is 0. The topological polar surface area (TPSA) is 32.3 Å². The number of benzene rings is 1. The molecule has 0 bridgehead atoms. The van der Waals surface area contributed by atoms with Gasteiger partial charge in [-0.1, -0.05) is 0 Å². The van der Waals surface area contributed by atoms with Crippen molar-refractivity contribution in [3.63, 3.8) is 0 Å². The van der Waals surface area contributed by atoms with Crippen molar-refractivity contribution in [3.05, 3.63) is 26.6 Å². The van der Waals surface area contributed by atoms with Crippen LogP contribution in [0.15, 0.2) is 21.1 Å². The molecule has 2 N–H and O–H groups in total. The smallest absolute Gasteiger partial charge is 0.143 e. The fourth-order valence-corrected chi connectivity index (χ4v) is 2.50. The molecular formula is C8H8Br2INO. The van der Waals surface area contributed by atoms with Crippen LogP contribution in [0.4, 0.5) is 0 Å². The van der Waals surface area contributed by atoms with Crippen molar-refractivity contribution in [3.8, 4) is 5.75 Å². The summed E-state index contributed by atoms with van der Waals surface area (Å²) in [5, 5.41) is 9.45. The van der Waals surface area contributed by atoms with Gasteiger partial charge in [0.25, 0.3) is 0 Å². The van der Waals surface area contributed by atoms with Gasteiger partial charge in [0.1, 0.15) is 5.75 Å². The highest BCUT2D eigenvalue weighted by Gasteiger charge is 2.05. The van der Waals surface area contributed by atoms with Crippen LogP contribution >= 0.6 is 54.7 Å². The van der Waals surface area contributed by atoms with Crippen LogP contribution in [0.5, 0.6) is 5.75 Å². The first-order valence-corrected chi connectivity index (χ1v) is 6.32. The number of hydrogen-bond donors (Lipinski definition) is 2. The van der Waals surface area contributed by atoms with Crippen LogP contribution in [0, 0.1) is 0 Å². The average molecular weight is 421 g/mol. The molecule has 2 nitrogen and oxygen atoms in total. The minimum Gasteiger partial charge on any atom is -0.506 e. The molecule has 0 amide bonds. The molecule has 0 saturated carbocycles. The van der Waals surface area contributed by atoms with Crippen LogP contribution in [0.25, 0.3) is 0 Å². The van der Waals surface area contributed by atoms with Crippen LogP contribution in [0.3, 0.4) is 0 Å². The van der Waals surface area contributed by atoms with E-state index >= 15 is 0 Å². The fraction of sp³-hybridized carbons (Fsp3) is 0.250. The minimum atomic E-state index is 0.256. The van der Waals surface area contributed by atoms with Gasteiger partial charge in [0.15, 0.2) is 0 Å². The fourth-order valence-electron chi connectivity index (χ4n) is 0.954. The molecule has 0 saturated heterocycles. The van der Waals surface area contributed by atoms with Gasteiger partial charge in [0.05, 0.1) is 8.95 Å². The van der Waals surface area contributed by atoms with Crippen LogP contribution in [0.2, 0.25) is 0 Å². The molecule has 72 valence electrons. The molecule has 0 fully saturated rings. The quantitative estimate of drug-likeness (QED) is 0.580. The largest absolute Gasteiger partial charge is 0.506 e. The van der Waals surface area contributed by atoms with Gasteiger partial charge in [0, 0.05) is 29.4 Å². The Hall–Kier alpha value is 0.670. The van der Waals surface area contributed by atoms with Gasteiger partial charge in [0.2, 0.25) is 0 Å². The van der Waals surface area contributed by atoms with Crippen molar-refractivity contribution in [1.29, 1.82) is 0 Å². The highest BCUT2D eigenvalue weighted by molar-refractivity contribution is 14.1. The van der Waals surface area contributed by atoms with Crippen molar-refractivity contribution in [2.75, 3.05) is 6.54 Å². The third-order valence-corrected chi connectivity index (χ3v) is 3.33. The van der Waals surface area contributed by atoms with E-state index in [9.17, 15) is 5.11 Å². The van der Waals surface area contributed by atoms with E-state index in [0.717, 1.165) is 21.9 Å². The lowest BCUT2D eigenvalue weighted by molar-refractivity contribution is 0.468. The first kappa shape index (κ1) is 11.7.